The summed E-state index contributed by atoms with van der Waals surface area (Å²) >= 11 is 0. The van der Waals surface area contributed by atoms with E-state index in [9.17, 15) is 8.78 Å². The summed E-state index contributed by atoms with van der Waals surface area (Å²) < 4.78 is 34.7. The van der Waals surface area contributed by atoms with E-state index < -0.39 is 6.61 Å². The number of halogens is 2. The zero-order valence-corrected chi connectivity index (χ0v) is 15.8. The lowest BCUT2D eigenvalue weighted by molar-refractivity contribution is -0.0498. The van der Waals surface area contributed by atoms with E-state index in [1.807, 2.05) is 12.1 Å². The van der Waals surface area contributed by atoms with E-state index in [4.69, 9.17) is 4.74 Å². The minimum atomic E-state index is -2.77. The summed E-state index contributed by atoms with van der Waals surface area (Å²) in [6.07, 6.45) is 15.7. The fraction of sp³-hybridized carbons (Fsp3) is 0.636. The van der Waals surface area contributed by atoms with Gasteiger partial charge < -0.3 is 9.47 Å². The van der Waals surface area contributed by atoms with Crippen LogP contribution < -0.4 is 4.74 Å². The van der Waals surface area contributed by atoms with Crippen molar-refractivity contribution in [1.82, 2.24) is 0 Å². The largest absolute Gasteiger partial charge is 0.435 e. The Bertz CT molecular complexity index is 505. The molecule has 1 aliphatic rings. The van der Waals surface area contributed by atoms with Gasteiger partial charge in [0.2, 0.25) is 0 Å². The quantitative estimate of drug-likeness (QED) is 0.399. The average Bonchev–Trinajstić information content (AvgIpc) is 2.64. The molecule has 0 aliphatic heterocycles. The van der Waals surface area contributed by atoms with Crippen LogP contribution in [0.3, 0.4) is 0 Å². The molecule has 1 aliphatic carbocycles. The molecule has 1 fully saturated rings. The monoisotopic (exact) mass is 366 g/mol. The number of rotatable bonds is 11. The van der Waals surface area contributed by atoms with Crippen molar-refractivity contribution >= 4 is 6.08 Å². The maximum Gasteiger partial charge on any atom is 0.387 e. The predicted octanol–water partition coefficient (Wildman–Crippen LogP) is 6.85. The third-order valence-electron chi connectivity index (χ3n) is 4.99. The number of ether oxygens (including phenoxy) is 2. The standard InChI is InChI=1S/C22H32F2O2/c1-2-3-4-5-6-17-25-20-13-9-18(10-14-20)7-8-19-11-15-21(16-12-19)26-22(23)24/h7-8,11-12,15-16,18,20,22H,2-6,9-10,13-14,17H2,1H3/t18-,20-. The van der Waals surface area contributed by atoms with Gasteiger partial charge in [0.1, 0.15) is 5.75 Å². The number of allylic oxidation sites excluding steroid dienone is 1. The van der Waals surface area contributed by atoms with Gasteiger partial charge in [-0.2, -0.15) is 8.78 Å². The van der Waals surface area contributed by atoms with Gasteiger partial charge in [-0.1, -0.05) is 56.9 Å². The molecule has 26 heavy (non-hydrogen) atoms. The summed E-state index contributed by atoms with van der Waals surface area (Å²) in [6, 6.07) is 6.77. The predicted molar refractivity (Wildman–Crippen MR) is 103 cm³/mol. The third-order valence-corrected chi connectivity index (χ3v) is 4.99. The first kappa shape index (κ1) is 20.9. The van der Waals surface area contributed by atoms with Crippen molar-refractivity contribution in [3.63, 3.8) is 0 Å². The van der Waals surface area contributed by atoms with Crippen LogP contribution in [-0.2, 0) is 4.74 Å². The summed E-state index contributed by atoms with van der Waals surface area (Å²) in [5, 5.41) is 0. The molecule has 1 aromatic carbocycles. The van der Waals surface area contributed by atoms with Crippen molar-refractivity contribution in [2.45, 2.75) is 77.4 Å². The molecule has 0 spiro atoms. The fourth-order valence-corrected chi connectivity index (χ4v) is 3.41. The Morgan fingerprint density at radius 2 is 1.69 bits per heavy atom. The van der Waals surface area contributed by atoms with Crippen LogP contribution in [0.4, 0.5) is 8.78 Å². The molecule has 146 valence electrons. The number of hydrogen-bond donors (Lipinski definition) is 0. The Kier molecular flexibility index (Phi) is 9.68. The Balaban J connectivity index is 1.62. The van der Waals surface area contributed by atoms with Gasteiger partial charge in [0, 0.05) is 6.61 Å². The number of unbranched alkanes of at least 4 members (excludes halogenated alkanes) is 4. The van der Waals surface area contributed by atoms with Crippen molar-refractivity contribution in [2.75, 3.05) is 6.61 Å². The third kappa shape index (κ3) is 8.31. The highest BCUT2D eigenvalue weighted by Gasteiger charge is 2.19. The molecule has 2 nitrogen and oxygen atoms in total. The van der Waals surface area contributed by atoms with Gasteiger partial charge in [0.15, 0.2) is 0 Å². The Labute approximate surface area is 156 Å². The molecule has 0 heterocycles. The highest BCUT2D eigenvalue weighted by molar-refractivity contribution is 5.50. The van der Waals surface area contributed by atoms with Gasteiger partial charge in [0.05, 0.1) is 6.10 Å². The molecular weight excluding hydrogens is 334 g/mol. The van der Waals surface area contributed by atoms with E-state index in [2.05, 4.69) is 23.8 Å². The lowest BCUT2D eigenvalue weighted by atomic mass is 9.87. The Hall–Kier alpha value is -1.42. The Morgan fingerprint density at radius 3 is 2.35 bits per heavy atom. The van der Waals surface area contributed by atoms with Crippen molar-refractivity contribution in [2.24, 2.45) is 5.92 Å². The minimum Gasteiger partial charge on any atom is -0.435 e. The van der Waals surface area contributed by atoms with Crippen LogP contribution in [0, 0.1) is 5.92 Å². The van der Waals surface area contributed by atoms with Gasteiger partial charge in [-0.3, -0.25) is 0 Å². The summed E-state index contributed by atoms with van der Waals surface area (Å²) in [7, 11) is 0. The van der Waals surface area contributed by atoms with Crippen LogP contribution in [0.25, 0.3) is 6.08 Å². The highest BCUT2D eigenvalue weighted by Crippen LogP contribution is 2.28. The SMILES string of the molecule is CCCCCCCO[C@H]1CC[C@H](C=Cc2ccc(OC(F)F)cc2)CC1. The molecule has 0 bridgehead atoms. The molecule has 0 atom stereocenters. The number of benzene rings is 1. The zero-order valence-electron chi connectivity index (χ0n) is 15.8. The lowest BCUT2D eigenvalue weighted by Crippen LogP contribution is -2.21. The first-order chi connectivity index (χ1) is 12.7. The summed E-state index contributed by atoms with van der Waals surface area (Å²) in [5.74, 6) is 0.779. The number of alkyl halides is 2. The molecule has 0 unspecified atom stereocenters. The first-order valence-corrected chi connectivity index (χ1v) is 10.0. The minimum absolute atomic E-state index is 0.199. The second-order valence-corrected chi connectivity index (χ2v) is 7.13. The molecule has 1 aromatic rings. The van der Waals surface area contributed by atoms with Crippen molar-refractivity contribution < 1.29 is 18.3 Å². The molecule has 0 saturated heterocycles. The summed E-state index contributed by atoms with van der Waals surface area (Å²) in [4.78, 5) is 0. The number of hydrogen-bond acceptors (Lipinski definition) is 2. The van der Waals surface area contributed by atoms with Crippen molar-refractivity contribution in [1.29, 1.82) is 0 Å². The Morgan fingerprint density at radius 1 is 1.00 bits per heavy atom. The average molecular weight is 366 g/mol. The summed E-state index contributed by atoms with van der Waals surface area (Å²) in [6.45, 7) is 0.368. The van der Waals surface area contributed by atoms with E-state index in [0.29, 0.717) is 12.0 Å². The highest BCUT2D eigenvalue weighted by atomic mass is 19.3. The van der Waals surface area contributed by atoms with Gasteiger partial charge in [-0.15, -0.1) is 0 Å². The molecule has 1 saturated carbocycles. The van der Waals surface area contributed by atoms with Gasteiger partial charge >= 0.3 is 6.61 Å². The van der Waals surface area contributed by atoms with E-state index in [-0.39, 0.29) is 5.75 Å². The normalized spacial score (nSPS) is 20.8. The van der Waals surface area contributed by atoms with Crippen molar-refractivity contribution in [3.8, 4) is 5.75 Å². The second-order valence-electron chi connectivity index (χ2n) is 7.13. The van der Waals surface area contributed by atoms with E-state index in [1.54, 1.807) is 12.1 Å². The van der Waals surface area contributed by atoms with E-state index >= 15 is 0 Å². The van der Waals surface area contributed by atoms with Crippen molar-refractivity contribution in [3.05, 3.63) is 35.9 Å². The molecule has 0 N–H and O–H groups in total. The van der Waals surface area contributed by atoms with Crippen LogP contribution in [0.2, 0.25) is 0 Å². The van der Waals surface area contributed by atoms with Crippen LogP contribution in [-0.4, -0.2) is 19.3 Å². The summed E-state index contributed by atoms with van der Waals surface area (Å²) in [5.41, 5.74) is 1.01. The zero-order chi connectivity index (χ0) is 18.6. The van der Waals surface area contributed by atoms with E-state index in [0.717, 1.165) is 37.9 Å². The second kappa shape index (κ2) is 12.1. The smallest absolute Gasteiger partial charge is 0.387 e. The molecule has 0 radical (unpaired) electrons. The van der Waals surface area contributed by atoms with Gasteiger partial charge in [-0.05, 0) is 55.7 Å². The first-order valence-electron chi connectivity index (χ1n) is 10.0. The molecule has 0 aromatic heterocycles. The van der Waals surface area contributed by atoms with Crippen LogP contribution in [0.5, 0.6) is 5.75 Å². The van der Waals surface area contributed by atoms with Gasteiger partial charge in [-0.25, -0.2) is 0 Å². The van der Waals surface area contributed by atoms with Gasteiger partial charge in [0.25, 0.3) is 0 Å². The van der Waals surface area contributed by atoms with Crippen LogP contribution >= 0.6 is 0 Å². The topological polar surface area (TPSA) is 18.5 Å². The molecular formula is C22H32F2O2. The van der Waals surface area contributed by atoms with E-state index in [1.165, 1.54) is 32.1 Å². The van der Waals surface area contributed by atoms with Crippen LogP contribution in [0.15, 0.2) is 30.3 Å². The fourth-order valence-electron chi connectivity index (χ4n) is 3.41. The lowest BCUT2D eigenvalue weighted by Gasteiger charge is -2.27. The molecule has 4 heteroatoms. The molecule has 0 amide bonds. The maximum absolute atomic E-state index is 12.1. The van der Waals surface area contributed by atoms with Crippen LogP contribution in [0.1, 0.15) is 70.3 Å². The molecule has 2 rings (SSSR count). The maximum atomic E-state index is 12.1.